The van der Waals surface area contributed by atoms with Gasteiger partial charge in [0.1, 0.15) is 0 Å². The predicted molar refractivity (Wildman–Crippen MR) is 96.0 cm³/mol. The molecule has 1 aliphatic heterocycles. The third kappa shape index (κ3) is 4.15. The quantitative estimate of drug-likeness (QED) is 0.406. The molecule has 1 atom stereocenters. The van der Waals surface area contributed by atoms with Gasteiger partial charge in [0.15, 0.2) is 11.5 Å². The molecule has 1 heterocycles. The van der Waals surface area contributed by atoms with Crippen LogP contribution in [0.5, 0.6) is 17.2 Å². The summed E-state index contributed by atoms with van der Waals surface area (Å²) in [6.07, 6.45) is -0.644. The molecule has 0 bridgehead atoms. The Hall–Kier alpha value is -3.33. The zero-order valence-electron chi connectivity index (χ0n) is 14.5. The lowest BCUT2D eigenvalue weighted by atomic mass is 10.2. The Bertz CT molecular complexity index is 945. The topological polar surface area (TPSA) is 114 Å². The molecule has 10 heteroatoms. The average Bonchev–Trinajstić information content (AvgIpc) is 3.07. The number of rotatable bonds is 6. The molecule has 0 amide bonds. The van der Waals surface area contributed by atoms with Crippen molar-refractivity contribution in [3.63, 3.8) is 0 Å². The van der Waals surface area contributed by atoms with E-state index in [9.17, 15) is 19.7 Å². The highest BCUT2D eigenvalue weighted by atomic mass is 35.5. The van der Waals surface area contributed by atoms with Crippen LogP contribution in [0.15, 0.2) is 36.4 Å². The summed E-state index contributed by atoms with van der Waals surface area (Å²) in [5, 5.41) is 11.4. The monoisotopic (exact) mass is 407 g/mol. The SMILES string of the molecule is COc1cc(C(=O)O[C@H]2CCOC2=O)ccc1Oc1ccc(Cl)cc1[N+](=O)[O-]. The number of nitro benzene ring substituents is 1. The van der Waals surface area contributed by atoms with Gasteiger partial charge in [-0.15, -0.1) is 0 Å². The van der Waals surface area contributed by atoms with Gasteiger partial charge in [-0.05, 0) is 30.3 Å². The van der Waals surface area contributed by atoms with Gasteiger partial charge in [0.05, 0.1) is 24.2 Å². The van der Waals surface area contributed by atoms with Crippen molar-refractivity contribution in [3.05, 3.63) is 57.1 Å². The average molecular weight is 408 g/mol. The summed E-state index contributed by atoms with van der Waals surface area (Å²) < 4.78 is 20.6. The third-order valence-corrected chi connectivity index (χ3v) is 4.11. The van der Waals surface area contributed by atoms with Gasteiger partial charge >= 0.3 is 17.6 Å². The van der Waals surface area contributed by atoms with Crippen LogP contribution in [0.1, 0.15) is 16.8 Å². The number of cyclic esters (lactones) is 1. The number of carbonyl (C=O) groups excluding carboxylic acids is 2. The minimum Gasteiger partial charge on any atom is -0.493 e. The van der Waals surface area contributed by atoms with Crippen molar-refractivity contribution in [3.8, 4) is 17.2 Å². The highest BCUT2D eigenvalue weighted by Crippen LogP contribution is 2.38. The zero-order chi connectivity index (χ0) is 20.3. The second kappa shape index (κ2) is 8.13. The van der Waals surface area contributed by atoms with E-state index in [1.54, 1.807) is 0 Å². The Morgan fingerprint density at radius 2 is 1.96 bits per heavy atom. The molecule has 0 aromatic heterocycles. The standard InChI is InChI=1S/C18H14ClNO8/c1-25-16-8-10(17(21)28-15-6-7-26-18(15)22)2-4-14(16)27-13-5-3-11(19)9-12(13)20(23)24/h2-5,8-9,15H,6-7H2,1H3/t15-/m0/s1. The fraction of sp³-hybridized carbons (Fsp3) is 0.222. The number of hydrogen-bond donors (Lipinski definition) is 0. The zero-order valence-corrected chi connectivity index (χ0v) is 15.3. The van der Waals surface area contributed by atoms with Crippen molar-refractivity contribution in [1.82, 2.24) is 0 Å². The van der Waals surface area contributed by atoms with Gasteiger partial charge in [0.25, 0.3) is 0 Å². The van der Waals surface area contributed by atoms with Crippen LogP contribution < -0.4 is 9.47 Å². The molecule has 0 aliphatic carbocycles. The Labute approximate surface area is 163 Å². The van der Waals surface area contributed by atoms with E-state index in [1.165, 1.54) is 37.4 Å². The van der Waals surface area contributed by atoms with Gasteiger partial charge in [0, 0.05) is 17.5 Å². The highest BCUT2D eigenvalue weighted by Gasteiger charge is 2.30. The summed E-state index contributed by atoms with van der Waals surface area (Å²) in [6.45, 7) is 0.201. The van der Waals surface area contributed by atoms with Crippen LogP contribution in [0.2, 0.25) is 5.02 Å². The number of carbonyl (C=O) groups is 2. The molecule has 1 fully saturated rings. The number of nitrogens with zero attached hydrogens (tertiary/aromatic N) is 1. The highest BCUT2D eigenvalue weighted by molar-refractivity contribution is 6.30. The normalized spacial score (nSPS) is 15.6. The molecule has 0 unspecified atom stereocenters. The van der Waals surface area contributed by atoms with E-state index in [0.29, 0.717) is 6.42 Å². The van der Waals surface area contributed by atoms with Crippen LogP contribution in [0.4, 0.5) is 5.69 Å². The van der Waals surface area contributed by atoms with Crippen molar-refractivity contribution in [2.45, 2.75) is 12.5 Å². The maximum absolute atomic E-state index is 12.2. The first kappa shape index (κ1) is 19.4. The Balaban J connectivity index is 1.83. The van der Waals surface area contributed by atoms with Crippen molar-refractivity contribution in [2.24, 2.45) is 0 Å². The Morgan fingerprint density at radius 3 is 2.61 bits per heavy atom. The number of ether oxygens (including phenoxy) is 4. The summed E-state index contributed by atoms with van der Waals surface area (Å²) in [4.78, 5) is 34.2. The van der Waals surface area contributed by atoms with Crippen LogP contribution >= 0.6 is 11.6 Å². The third-order valence-electron chi connectivity index (χ3n) is 3.87. The van der Waals surface area contributed by atoms with Crippen molar-refractivity contribution < 1.29 is 33.5 Å². The van der Waals surface area contributed by atoms with Crippen LogP contribution in [0.25, 0.3) is 0 Å². The molecule has 9 nitrogen and oxygen atoms in total. The maximum Gasteiger partial charge on any atom is 0.347 e. The fourth-order valence-corrected chi connectivity index (χ4v) is 2.66. The van der Waals surface area contributed by atoms with Crippen LogP contribution in [0.3, 0.4) is 0 Å². The molecule has 1 saturated heterocycles. The van der Waals surface area contributed by atoms with Gasteiger partial charge in [-0.25, -0.2) is 9.59 Å². The van der Waals surface area contributed by atoms with Gasteiger partial charge in [0.2, 0.25) is 11.9 Å². The molecule has 0 saturated carbocycles. The minimum atomic E-state index is -0.939. The largest absolute Gasteiger partial charge is 0.493 e. The lowest BCUT2D eigenvalue weighted by molar-refractivity contribution is -0.385. The number of benzene rings is 2. The Kier molecular flexibility index (Phi) is 5.65. The van der Waals surface area contributed by atoms with Gasteiger partial charge < -0.3 is 18.9 Å². The van der Waals surface area contributed by atoms with E-state index in [-0.39, 0.29) is 40.1 Å². The molecule has 3 rings (SSSR count). The summed E-state index contributed by atoms with van der Waals surface area (Å²) in [6, 6.07) is 8.11. The summed E-state index contributed by atoms with van der Waals surface area (Å²) in [7, 11) is 1.35. The first-order valence-electron chi connectivity index (χ1n) is 8.06. The Morgan fingerprint density at radius 1 is 1.21 bits per heavy atom. The van der Waals surface area contributed by atoms with Crippen molar-refractivity contribution in [1.29, 1.82) is 0 Å². The molecule has 146 valence electrons. The predicted octanol–water partition coefficient (Wildman–Crippen LogP) is 3.52. The second-order valence-corrected chi connectivity index (χ2v) is 6.12. The first-order valence-corrected chi connectivity index (χ1v) is 8.44. The smallest absolute Gasteiger partial charge is 0.347 e. The molecule has 0 N–H and O–H groups in total. The number of nitro groups is 1. The summed E-state index contributed by atoms with van der Waals surface area (Å²) >= 11 is 5.79. The second-order valence-electron chi connectivity index (χ2n) is 5.69. The van der Waals surface area contributed by atoms with Gasteiger partial charge in [-0.1, -0.05) is 11.6 Å². The molecule has 0 spiro atoms. The molecule has 2 aromatic carbocycles. The van der Waals surface area contributed by atoms with E-state index in [0.717, 1.165) is 6.07 Å². The maximum atomic E-state index is 12.2. The van der Waals surface area contributed by atoms with E-state index < -0.39 is 23.0 Å². The molecule has 1 aliphatic rings. The minimum absolute atomic E-state index is 0.0447. The van der Waals surface area contributed by atoms with Crippen LogP contribution in [-0.2, 0) is 14.3 Å². The fourth-order valence-electron chi connectivity index (χ4n) is 2.50. The molecule has 2 aromatic rings. The number of halogens is 1. The van der Waals surface area contributed by atoms with Crippen LogP contribution in [0, 0.1) is 10.1 Å². The number of methoxy groups -OCH3 is 1. The van der Waals surface area contributed by atoms with Crippen molar-refractivity contribution >= 4 is 29.2 Å². The molecular weight excluding hydrogens is 394 g/mol. The van der Waals surface area contributed by atoms with Gasteiger partial charge in [-0.2, -0.15) is 0 Å². The number of hydrogen-bond acceptors (Lipinski definition) is 8. The molecular formula is C18H14ClNO8. The molecule has 0 radical (unpaired) electrons. The van der Waals surface area contributed by atoms with E-state index >= 15 is 0 Å². The van der Waals surface area contributed by atoms with E-state index in [4.69, 9.17) is 30.5 Å². The lowest BCUT2D eigenvalue weighted by Gasteiger charge is -2.13. The van der Waals surface area contributed by atoms with E-state index in [2.05, 4.69) is 0 Å². The van der Waals surface area contributed by atoms with Crippen molar-refractivity contribution in [2.75, 3.05) is 13.7 Å². The molecule has 28 heavy (non-hydrogen) atoms. The van der Waals surface area contributed by atoms with E-state index in [1.807, 2.05) is 0 Å². The summed E-state index contributed by atoms with van der Waals surface area (Å²) in [5.74, 6) is -1.07. The number of esters is 2. The first-order chi connectivity index (χ1) is 13.4. The van der Waals surface area contributed by atoms with Crippen LogP contribution in [-0.4, -0.2) is 36.7 Å². The lowest BCUT2D eigenvalue weighted by Crippen LogP contribution is -2.22. The summed E-state index contributed by atoms with van der Waals surface area (Å²) in [5.41, 5.74) is -0.202. The van der Waals surface area contributed by atoms with Gasteiger partial charge in [-0.3, -0.25) is 10.1 Å².